The Hall–Kier alpha value is -2.32. The van der Waals surface area contributed by atoms with Gasteiger partial charge in [-0.1, -0.05) is 13.8 Å². The minimum Gasteiger partial charge on any atom is -0.469 e. The topological polar surface area (TPSA) is 82.9 Å². The molecule has 4 rings (SSSR count). The monoisotopic (exact) mass is 487 g/mol. The van der Waals surface area contributed by atoms with Crippen LogP contribution in [0, 0.1) is 11.8 Å². The Balaban J connectivity index is 1.61. The highest BCUT2D eigenvalue weighted by Crippen LogP contribution is 2.33. The van der Waals surface area contributed by atoms with Crippen molar-refractivity contribution in [3.05, 3.63) is 47.9 Å². The highest BCUT2D eigenvalue weighted by molar-refractivity contribution is 7.89. The van der Waals surface area contributed by atoms with Crippen molar-refractivity contribution < 1.29 is 17.6 Å². The second kappa shape index (κ2) is 10.5. The zero-order valence-electron chi connectivity index (χ0n) is 20.5. The molecule has 2 fully saturated rings. The quantitative estimate of drug-likeness (QED) is 0.630. The summed E-state index contributed by atoms with van der Waals surface area (Å²) in [5, 5.41) is 2.98. The molecule has 1 aromatic heterocycles. The molecule has 8 heteroatoms. The Bertz CT molecular complexity index is 1070. The molecule has 1 amide bonds. The number of benzene rings is 1. The van der Waals surface area contributed by atoms with Gasteiger partial charge in [0.15, 0.2) is 0 Å². The van der Waals surface area contributed by atoms with Crippen LogP contribution in [0.3, 0.4) is 0 Å². The molecular weight excluding hydrogens is 450 g/mol. The minimum atomic E-state index is -3.71. The molecule has 0 bridgehead atoms. The van der Waals surface area contributed by atoms with E-state index in [2.05, 4.69) is 24.1 Å². The third kappa shape index (κ3) is 5.66. The molecule has 3 heterocycles. The molecular formula is C26H37N3O4S. The van der Waals surface area contributed by atoms with E-state index in [1.807, 2.05) is 25.1 Å². The highest BCUT2D eigenvalue weighted by atomic mass is 32.2. The van der Waals surface area contributed by atoms with Gasteiger partial charge >= 0.3 is 0 Å². The third-order valence-corrected chi connectivity index (χ3v) is 9.10. The lowest BCUT2D eigenvalue weighted by Crippen LogP contribution is -2.40. The SMILES string of the molecule is CC1CCN(c2ccc(C(=O)NC(C)Cc3ccco3)cc2S(=O)(=O)N2CCC(C)CC2)CC1. The van der Waals surface area contributed by atoms with Crippen LogP contribution in [0.4, 0.5) is 5.69 Å². The number of anilines is 1. The van der Waals surface area contributed by atoms with E-state index in [0.29, 0.717) is 42.6 Å². The number of piperidine rings is 2. The maximum Gasteiger partial charge on any atom is 0.251 e. The van der Waals surface area contributed by atoms with Gasteiger partial charge in [0.05, 0.1) is 12.0 Å². The van der Waals surface area contributed by atoms with Gasteiger partial charge in [0.1, 0.15) is 10.7 Å². The fourth-order valence-electron chi connectivity index (χ4n) is 4.83. The molecule has 1 atom stereocenters. The van der Waals surface area contributed by atoms with E-state index >= 15 is 0 Å². The maximum atomic E-state index is 13.8. The standard InChI is InChI=1S/C26H37N3O4S/c1-19-8-12-28(13-9-19)24-7-6-22(26(30)27-21(3)17-23-5-4-16-33-23)18-25(24)34(31,32)29-14-10-20(2)11-15-29/h4-7,16,18-21H,8-15,17H2,1-3H3,(H,27,30). The van der Waals surface area contributed by atoms with Gasteiger partial charge in [-0.25, -0.2) is 8.42 Å². The predicted molar refractivity (Wildman–Crippen MR) is 134 cm³/mol. The van der Waals surface area contributed by atoms with Crippen molar-refractivity contribution in [2.45, 2.75) is 63.8 Å². The van der Waals surface area contributed by atoms with Crippen LogP contribution < -0.4 is 10.2 Å². The summed E-state index contributed by atoms with van der Waals surface area (Å²) in [5.41, 5.74) is 1.08. The third-order valence-electron chi connectivity index (χ3n) is 7.17. The summed E-state index contributed by atoms with van der Waals surface area (Å²) < 4.78 is 34.5. The van der Waals surface area contributed by atoms with Gasteiger partial charge in [-0.05, 0) is 74.8 Å². The van der Waals surface area contributed by atoms with Crippen LogP contribution in [0.15, 0.2) is 45.9 Å². The Kier molecular flexibility index (Phi) is 7.67. The molecule has 2 aliphatic heterocycles. The first-order valence-electron chi connectivity index (χ1n) is 12.5. The van der Waals surface area contributed by atoms with Gasteiger partial charge in [0, 0.05) is 44.2 Å². The lowest BCUT2D eigenvalue weighted by molar-refractivity contribution is 0.0939. The molecule has 186 valence electrons. The molecule has 1 unspecified atom stereocenters. The molecule has 1 aromatic carbocycles. The average Bonchev–Trinajstić information content (AvgIpc) is 3.32. The number of rotatable bonds is 7. The summed E-state index contributed by atoms with van der Waals surface area (Å²) >= 11 is 0. The number of sulfonamides is 1. The van der Waals surface area contributed by atoms with E-state index in [-0.39, 0.29) is 16.8 Å². The smallest absolute Gasteiger partial charge is 0.251 e. The maximum absolute atomic E-state index is 13.8. The summed E-state index contributed by atoms with van der Waals surface area (Å²) in [6.45, 7) is 9.02. The molecule has 2 aliphatic rings. The summed E-state index contributed by atoms with van der Waals surface area (Å²) in [5.74, 6) is 1.69. The van der Waals surface area contributed by atoms with Gasteiger partial charge in [0.2, 0.25) is 10.0 Å². The number of amides is 1. The van der Waals surface area contributed by atoms with Crippen molar-refractivity contribution in [2.24, 2.45) is 11.8 Å². The van der Waals surface area contributed by atoms with Gasteiger partial charge in [-0.15, -0.1) is 0 Å². The fraction of sp³-hybridized carbons (Fsp3) is 0.577. The molecule has 7 nitrogen and oxygen atoms in total. The number of hydrogen-bond donors (Lipinski definition) is 1. The summed E-state index contributed by atoms with van der Waals surface area (Å²) in [6, 6.07) is 8.70. The largest absolute Gasteiger partial charge is 0.469 e. The number of carbonyl (C=O) groups excluding carboxylic acids is 1. The summed E-state index contributed by atoms with van der Waals surface area (Å²) in [7, 11) is -3.71. The number of furan rings is 1. The summed E-state index contributed by atoms with van der Waals surface area (Å²) in [6.07, 6.45) is 5.98. The van der Waals surface area contributed by atoms with Gasteiger partial charge < -0.3 is 14.6 Å². The highest BCUT2D eigenvalue weighted by Gasteiger charge is 2.32. The van der Waals surface area contributed by atoms with Crippen LogP contribution in [0.5, 0.6) is 0 Å². The van der Waals surface area contributed by atoms with Crippen LogP contribution in [-0.2, 0) is 16.4 Å². The van der Waals surface area contributed by atoms with E-state index in [4.69, 9.17) is 4.42 Å². The lowest BCUT2D eigenvalue weighted by atomic mass is 9.98. The minimum absolute atomic E-state index is 0.148. The number of nitrogens with zero attached hydrogens (tertiary/aromatic N) is 2. The lowest BCUT2D eigenvalue weighted by Gasteiger charge is -2.35. The normalized spacial score (nSPS) is 19.8. The van der Waals surface area contributed by atoms with E-state index in [9.17, 15) is 13.2 Å². The van der Waals surface area contributed by atoms with Crippen LogP contribution in [-0.4, -0.2) is 50.9 Å². The summed E-state index contributed by atoms with van der Waals surface area (Å²) in [4.78, 5) is 15.5. The Morgan fingerprint density at radius 2 is 1.71 bits per heavy atom. The second-order valence-electron chi connectivity index (χ2n) is 10.1. The Morgan fingerprint density at radius 3 is 2.32 bits per heavy atom. The zero-order valence-corrected chi connectivity index (χ0v) is 21.3. The van der Waals surface area contributed by atoms with E-state index < -0.39 is 10.0 Å². The van der Waals surface area contributed by atoms with Gasteiger partial charge in [-0.3, -0.25) is 4.79 Å². The first kappa shape index (κ1) is 24.8. The average molecular weight is 488 g/mol. The molecule has 0 aliphatic carbocycles. The number of carbonyl (C=O) groups is 1. The molecule has 2 saturated heterocycles. The van der Waals surface area contributed by atoms with Gasteiger partial charge in [0.25, 0.3) is 5.91 Å². The van der Waals surface area contributed by atoms with Crippen LogP contribution in [0.1, 0.15) is 62.6 Å². The number of hydrogen-bond acceptors (Lipinski definition) is 5. The molecule has 34 heavy (non-hydrogen) atoms. The van der Waals surface area contributed by atoms with E-state index in [1.165, 1.54) is 0 Å². The molecule has 2 aromatic rings. The van der Waals surface area contributed by atoms with Crippen LogP contribution >= 0.6 is 0 Å². The van der Waals surface area contributed by atoms with Crippen molar-refractivity contribution in [3.8, 4) is 0 Å². The van der Waals surface area contributed by atoms with Crippen molar-refractivity contribution in [2.75, 3.05) is 31.1 Å². The van der Waals surface area contributed by atoms with Crippen LogP contribution in [0.2, 0.25) is 0 Å². The first-order valence-corrected chi connectivity index (χ1v) is 13.9. The van der Waals surface area contributed by atoms with Crippen molar-refractivity contribution >= 4 is 21.6 Å². The van der Waals surface area contributed by atoms with Crippen molar-refractivity contribution in [3.63, 3.8) is 0 Å². The van der Waals surface area contributed by atoms with Crippen LogP contribution in [0.25, 0.3) is 0 Å². The molecule has 0 spiro atoms. The molecule has 0 saturated carbocycles. The van der Waals surface area contributed by atoms with E-state index in [1.54, 1.807) is 22.7 Å². The second-order valence-corrected chi connectivity index (χ2v) is 12.0. The predicted octanol–water partition coefficient (Wildman–Crippen LogP) is 4.30. The fourth-order valence-corrected chi connectivity index (χ4v) is 6.53. The zero-order chi connectivity index (χ0) is 24.3. The van der Waals surface area contributed by atoms with Crippen molar-refractivity contribution in [1.82, 2.24) is 9.62 Å². The van der Waals surface area contributed by atoms with E-state index in [0.717, 1.165) is 44.5 Å². The Labute approximate surface area is 203 Å². The first-order chi connectivity index (χ1) is 16.2. The number of nitrogens with one attached hydrogen (secondary N) is 1. The van der Waals surface area contributed by atoms with Crippen molar-refractivity contribution in [1.29, 1.82) is 0 Å². The van der Waals surface area contributed by atoms with Gasteiger partial charge in [-0.2, -0.15) is 4.31 Å². The molecule has 1 N–H and O–H groups in total. The molecule has 0 radical (unpaired) electrons. The Morgan fingerprint density at radius 1 is 1.06 bits per heavy atom.